The maximum Gasteiger partial charge on any atom is 0.0348 e. The van der Waals surface area contributed by atoms with E-state index in [0.29, 0.717) is 0 Å². The van der Waals surface area contributed by atoms with Crippen molar-refractivity contribution in [2.75, 3.05) is 0 Å². The van der Waals surface area contributed by atoms with Crippen molar-refractivity contribution in [3.8, 4) is 10.4 Å². The van der Waals surface area contributed by atoms with Crippen LogP contribution < -0.4 is 5.32 Å². The van der Waals surface area contributed by atoms with Crippen LogP contribution in [0.4, 0.5) is 0 Å². The second-order valence-corrected chi connectivity index (χ2v) is 6.20. The second kappa shape index (κ2) is 4.87. The number of hydrogen-bond donors (Lipinski definition) is 1. The van der Waals surface area contributed by atoms with Crippen molar-refractivity contribution < 1.29 is 0 Å². The van der Waals surface area contributed by atoms with Crippen LogP contribution in [0.1, 0.15) is 29.5 Å². The Morgan fingerprint density at radius 1 is 1.22 bits per heavy atom. The van der Waals surface area contributed by atoms with Gasteiger partial charge in [-0.1, -0.05) is 23.8 Å². The smallest absolute Gasteiger partial charge is 0.0348 e. The molecule has 1 aliphatic rings. The number of aryl methyl sites for hydroxylation is 2. The van der Waals surface area contributed by atoms with Crippen molar-refractivity contribution >= 4 is 11.3 Å². The number of hydrogen-bond acceptors (Lipinski definition) is 2. The van der Waals surface area contributed by atoms with Gasteiger partial charge >= 0.3 is 0 Å². The second-order valence-electron chi connectivity index (χ2n) is 5.29. The zero-order valence-corrected chi connectivity index (χ0v) is 11.8. The van der Waals surface area contributed by atoms with Crippen LogP contribution in [0, 0.1) is 13.8 Å². The molecule has 1 aromatic carbocycles. The van der Waals surface area contributed by atoms with Gasteiger partial charge in [0.1, 0.15) is 0 Å². The molecule has 1 aliphatic carbocycles. The molecule has 0 unspecified atom stereocenters. The van der Waals surface area contributed by atoms with E-state index in [9.17, 15) is 0 Å². The molecule has 0 atom stereocenters. The Bertz CT molecular complexity index is 552. The topological polar surface area (TPSA) is 12.0 Å². The van der Waals surface area contributed by atoms with Crippen molar-refractivity contribution in [2.24, 2.45) is 0 Å². The first-order chi connectivity index (χ1) is 8.72. The molecule has 0 spiro atoms. The molecule has 18 heavy (non-hydrogen) atoms. The SMILES string of the molecule is Cc1ccc(C)c(-c2cc(CNC3CC3)cs2)c1. The van der Waals surface area contributed by atoms with Gasteiger partial charge in [-0.25, -0.2) is 0 Å². The Morgan fingerprint density at radius 3 is 2.83 bits per heavy atom. The first-order valence-corrected chi connectivity index (χ1v) is 7.49. The molecular formula is C16H19NS. The van der Waals surface area contributed by atoms with E-state index in [2.05, 4.69) is 48.8 Å². The lowest BCUT2D eigenvalue weighted by molar-refractivity contribution is 0.689. The molecule has 1 aromatic heterocycles. The molecule has 1 N–H and O–H groups in total. The van der Waals surface area contributed by atoms with E-state index in [1.807, 2.05) is 11.3 Å². The number of rotatable bonds is 4. The van der Waals surface area contributed by atoms with Gasteiger partial charge in [0.05, 0.1) is 0 Å². The normalized spacial score (nSPS) is 15.0. The number of thiophene rings is 1. The molecule has 0 radical (unpaired) electrons. The van der Waals surface area contributed by atoms with Crippen LogP contribution in [-0.4, -0.2) is 6.04 Å². The van der Waals surface area contributed by atoms with Crippen molar-refractivity contribution in [2.45, 2.75) is 39.3 Å². The standard InChI is InChI=1S/C16H19NS/c1-11-3-4-12(2)15(7-11)16-8-13(10-18-16)9-17-14-5-6-14/h3-4,7-8,10,14,17H,5-6,9H2,1-2H3. The summed E-state index contributed by atoms with van der Waals surface area (Å²) < 4.78 is 0. The minimum atomic E-state index is 0.786. The predicted octanol–water partition coefficient (Wildman–Crippen LogP) is 4.28. The average Bonchev–Trinajstić information content (AvgIpc) is 3.08. The van der Waals surface area contributed by atoms with Crippen LogP contribution in [0.2, 0.25) is 0 Å². The lowest BCUT2D eigenvalue weighted by Crippen LogP contribution is -2.14. The van der Waals surface area contributed by atoms with E-state index >= 15 is 0 Å². The fourth-order valence-electron chi connectivity index (χ4n) is 2.16. The summed E-state index contributed by atoms with van der Waals surface area (Å²) in [5.41, 5.74) is 5.51. The Kier molecular flexibility index (Phi) is 3.23. The molecule has 0 amide bonds. The van der Waals surface area contributed by atoms with Gasteiger partial charge in [-0.2, -0.15) is 0 Å². The van der Waals surface area contributed by atoms with Crippen molar-refractivity contribution in [1.29, 1.82) is 0 Å². The molecule has 0 saturated heterocycles. The largest absolute Gasteiger partial charge is 0.310 e. The van der Waals surface area contributed by atoms with Crippen LogP contribution in [0.25, 0.3) is 10.4 Å². The average molecular weight is 257 g/mol. The first kappa shape index (κ1) is 11.9. The maximum atomic E-state index is 3.57. The van der Waals surface area contributed by atoms with E-state index in [1.165, 1.54) is 40.0 Å². The molecule has 1 heterocycles. The Labute approximate surface area is 113 Å². The molecule has 1 fully saturated rings. The summed E-state index contributed by atoms with van der Waals surface area (Å²) in [6.07, 6.45) is 2.71. The van der Waals surface area contributed by atoms with Gasteiger partial charge in [0.2, 0.25) is 0 Å². The van der Waals surface area contributed by atoms with Crippen molar-refractivity contribution in [3.05, 3.63) is 46.3 Å². The molecule has 0 aliphatic heterocycles. The van der Waals surface area contributed by atoms with Crippen LogP contribution in [0.3, 0.4) is 0 Å². The highest BCUT2D eigenvalue weighted by Crippen LogP contribution is 2.31. The predicted molar refractivity (Wildman–Crippen MR) is 79.1 cm³/mol. The molecule has 2 aromatic rings. The van der Waals surface area contributed by atoms with Gasteiger partial charge < -0.3 is 5.32 Å². The molecular weight excluding hydrogens is 238 g/mol. The monoisotopic (exact) mass is 257 g/mol. The molecule has 2 heteroatoms. The van der Waals surface area contributed by atoms with Crippen LogP contribution in [-0.2, 0) is 6.54 Å². The third kappa shape index (κ3) is 2.65. The zero-order chi connectivity index (χ0) is 12.5. The number of nitrogens with one attached hydrogen (secondary N) is 1. The highest BCUT2D eigenvalue weighted by molar-refractivity contribution is 7.13. The van der Waals surface area contributed by atoms with E-state index in [1.54, 1.807) is 0 Å². The quantitative estimate of drug-likeness (QED) is 0.862. The van der Waals surface area contributed by atoms with Gasteiger partial charge in [0.15, 0.2) is 0 Å². The first-order valence-electron chi connectivity index (χ1n) is 6.61. The molecule has 3 rings (SSSR count). The third-order valence-corrected chi connectivity index (χ3v) is 4.50. The van der Waals surface area contributed by atoms with Gasteiger partial charge in [0.25, 0.3) is 0 Å². The van der Waals surface area contributed by atoms with E-state index in [4.69, 9.17) is 0 Å². The van der Waals surface area contributed by atoms with Crippen molar-refractivity contribution in [1.82, 2.24) is 5.32 Å². The van der Waals surface area contributed by atoms with E-state index in [0.717, 1.165) is 12.6 Å². The Hall–Kier alpha value is -1.12. The molecule has 94 valence electrons. The van der Waals surface area contributed by atoms with Crippen LogP contribution >= 0.6 is 11.3 Å². The minimum Gasteiger partial charge on any atom is -0.310 e. The minimum absolute atomic E-state index is 0.786. The fourth-order valence-corrected chi connectivity index (χ4v) is 3.16. The summed E-state index contributed by atoms with van der Waals surface area (Å²) in [5, 5.41) is 5.85. The zero-order valence-electron chi connectivity index (χ0n) is 11.0. The lowest BCUT2D eigenvalue weighted by atomic mass is 10.0. The molecule has 1 nitrogen and oxygen atoms in total. The summed E-state index contributed by atoms with van der Waals surface area (Å²) in [7, 11) is 0. The van der Waals surface area contributed by atoms with E-state index < -0.39 is 0 Å². The van der Waals surface area contributed by atoms with Crippen molar-refractivity contribution in [3.63, 3.8) is 0 Å². The highest BCUT2D eigenvalue weighted by atomic mass is 32.1. The number of benzene rings is 1. The summed E-state index contributed by atoms with van der Waals surface area (Å²) >= 11 is 1.86. The Morgan fingerprint density at radius 2 is 2.06 bits per heavy atom. The third-order valence-electron chi connectivity index (χ3n) is 3.48. The van der Waals surface area contributed by atoms with Gasteiger partial charge in [-0.05, 0) is 54.8 Å². The lowest BCUT2D eigenvalue weighted by Gasteiger charge is -2.04. The Balaban J connectivity index is 1.80. The molecule has 1 saturated carbocycles. The summed E-state index contributed by atoms with van der Waals surface area (Å²) in [6.45, 7) is 5.37. The fraction of sp³-hybridized carbons (Fsp3) is 0.375. The summed E-state index contributed by atoms with van der Waals surface area (Å²) in [4.78, 5) is 1.39. The molecule has 0 bridgehead atoms. The highest BCUT2D eigenvalue weighted by Gasteiger charge is 2.20. The van der Waals surface area contributed by atoms with Gasteiger partial charge in [-0.15, -0.1) is 11.3 Å². The van der Waals surface area contributed by atoms with Crippen LogP contribution in [0.15, 0.2) is 29.6 Å². The van der Waals surface area contributed by atoms with Gasteiger partial charge in [-0.3, -0.25) is 0 Å². The van der Waals surface area contributed by atoms with Crippen LogP contribution in [0.5, 0.6) is 0 Å². The maximum absolute atomic E-state index is 3.57. The van der Waals surface area contributed by atoms with Gasteiger partial charge in [0, 0.05) is 17.5 Å². The van der Waals surface area contributed by atoms with E-state index in [-0.39, 0.29) is 0 Å². The summed E-state index contributed by atoms with van der Waals surface area (Å²) in [6, 6.07) is 9.81. The summed E-state index contributed by atoms with van der Waals surface area (Å²) in [5.74, 6) is 0.